The summed E-state index contributed by atoms with van der Waals surface area (Å²) in [7, 11) is 1.18. The van der Waals surface area contributed by atoms with Crippen molar-refractivity contribution in [3.05, 3.63) is 62.4 Å². The summed E-state index contributed by atoms with van der Waals surface area (Å²) in [5.41, 5.74) is -0.495. The molecule has 2 aromatic heterocycles. The fourth-order valence-electron chi connectivity index (χ4n) is 2.96. The second-order valence-corrected chi connectivity index (χ2v) is 7.28. The Morgan fingerprint density at radius 2 is 1.87 bits per heavy atom. The van der Waals surface area contributed by atoms with Crippen LogP contribution < -0.4 is 5.32 Å². The van der Waals surface area contributed by atoms with Gasteiger partial charge in [-0.25, -0.2) is 4.39 Å². The lowest BCUT2D eigenvalue weighted by atomic mass is 10.2. The van der Waals surface area contributed by atoms with E-state index in [0.29, 0.717) is 11.4 Å². The van der Waals surface area contributed by atoms with Crippen LogP contribution in [0.2, 0.25) is 10.0 Å². The Morgan fingerprint density at radius 1 is 1.20 bits per heavy atom. The number of nitrogens with one attached hydrogen (secondary N) is 1. The smallest absolute Gasteiger partial charge is 0.317 e. The molecule has 0 spiro atoms. The van der Waals surface area contributed by atoms with Crippen molar-refractivity contribution in [1.82, 2.24) is 19.6 Å². The number of hydrogen-bond acceptors (Lipinski definition) is 3. The average Bonchev–Trinajstić information content (AvgIpc) is 3.08. The van der Waals surface area contributed by atoms with Crippen molar-refractivity contribution in [2.75, 3.05) is 5.32 Å². The molecule has 0 fully saturated rings. The maximum absolute atomic E-state index is 14.1. The maximum Gasteiger partial charge on any atom is 0.436 e. The first-order valence-electron chi connectivity index (χ1n) is 8.49. The van der Waals surface area contributed by atoms with Crippen LogP contribution in [0.25, 0.3) is 0 Å². The molecule has 3 rings (SSSR count). The van der Waals surface area contributed by atoms with Crippen molar-refractivity contribution in [3.8, 4) is 0 Å². The first-order chi connectivity index (χ1) is 13.9. The van der Waals surface area contributed by atoms with Crippen LogP contribution in [0.15, 0.2) is 18.2 Å². The van der Waals surface area contributed by atoms with E-state index in [4.69, 9.17) is 23.2 Å². The van der Waals surface area contributed by atoms with Crippen molar-refractivity contribution in [1.29, 1.82) is 0 Å². The average molecular weight is 464 g/mol. The summed E-state index contributed by atoms with van der Waals surface area (Å²) in [5, 5.41) is 9.49. The summed E-state index contributed by atoms with van der Waals surface area (Å²) in [5.74, 6) is -1.40. The van der Waals surface area contributed by atoms with Gasteiger partial charge in [-0.1, -0.05) is 29.3 Å². The number of halogens is 6. The summed E-state index contributed by atoms with van der Waals surface area (Å²) in [6, 6.07) is 4.27. The van der Waals surface area contributed by atoms with Gasteiger partial charge >= 0.3 is 6.18 Å². The molecule has 0 aliphatic rings. The van der Waals surface area contributed by atoms with E-state index in [1.165, 1.54) is 29.9 Å². The number of carbonyl (C=O) groups is 1. The molecule has 0 atom stereocenters. The monoisotopic (exact) mass is 463 g/mol. The van der Waals surface area contributed by atoms with Gasteiger partial charge in [-0.05, 0) is 26.0 Å². The number of amides is 1. The van der Waals surface area contributed by atoms with Crippen LogP contribution in [0.5, 0.6) is 0 Å². The molecular formula is C18H15Cl2F4N5O. The molecule has 1 amide bonds. The van der Waals surface area contributed by atoms with E-state index in [1.807, 2.05) is 0 Å². The normalized spacial score (nSPS) is 11.8. The molecule has 160 valence electrons. The molecule has 0 aliphatic heterocycles. The molecule has 0 bridgehead atoms. The molecule has 0 radical (unpaired) electrons. The van der Waals surface area contributed by atoms with Gasteiger partial charge < -0.3 is 5.32 Å². The zero-order valence-electron chi connectivity index (χ0n) is 15.9. The predicted molar refractivity (Wildman–Crippen MR) is 103 cm³/mol. The first-order valence-corrected chi connectivity index (χ1v) is 9.25. The summed E-state index contributed by atoms with van der Waals surface area (Å²) in [6.45, 7) is 3.21. The second kappa shape index (κ2) is 7.92. The van der Waals surface area contributed by atoms with Gasteiger partial charge in [-0.3, -0.25) is 14.2 Å². The number of hydrogen-bond donors (Lipinski definition) is 1. The van der Waals surface area contributed by atoms with Crippen molar-refractivity contribution < 1.29 is 22.4 Å². The zero-order chi connectivity index (χ0) is 22.4. The van der Waals surface area contributed by atoms with Gasteiger partial charge in [0.05, 0.1) is 23.6 Å². The minimum atomic E-state index is -4.80. The van der Waals surface area contributed by atoms with Crippen molar-refractivity contribution in [2.24, 2.45) is 7.05 Å². The van der Waals surface area contributed by atoms with Crippen molar-refractivity contribution in [3.63, 3.8) is 0 Å². The Hall–Kier alpha value is -2.59. The molecule has 0 aliphatic carbocycles. The number of aryl methyl sites for hydroxylation is 2. The molecule has 0 unspecified atom stereocenters. The fourth-order valence-corrected chi connectivity index (χ4v) is 3.54. The summed E-state index contributed by atoms with van der Waals surface area (Å²) in [6.07, 6.45) is -4.80. The Bertz CT molecular complexity index is 1120. The SMILES string of the molecule is Cc1nn(Cc2c(F)cccc2Cl)c(C)c1NC(=O)c1c(Cl)c(C(F)(F)F)nn1C. The minimum Gasteiger partial charge on any atom is -0.317 e. The first kappa shape index (κ1) is 22.1. The lowest BCUT2D eigenvalue weighted by molar-refractivity contribution is -0.141. The number of aromatic nitrogens is 4. The molecular weight excluding hydrogens is 449 g/mol. The van der Waals surface area contributed by atoms with E-state index >= 15 is 0 Å². The summed E-state index contributed by atoms with van der Waals surface area (Å²) >= 11 is 11.8. The number of rotatable bonds is 4. The number of alkyl halides is 3. The van der Waals surface area contributed by atoms with Crippen LogP contribution in [0.1, 0.15) is 33.1 Å². The molecule has 3 aromatic rings. The minimum absolute atomic E-state index is 0.00125. The van der Waals surface area contributed by atoms with E-state index < -0.39 is 34.3 Å². The highest BCUT2D eigenvalue weighted by molar-refractivity contribution is 6.35. The number of carbonyl (C=O) groups excluding carboxylic acids is 1. The standard InChI is InChI=1S/C18H15Cl2F4N5O/c1-8-14(9(2)29(26-8)7-10-11(19)5-4-6-12(10)21)25-17(30)15-13(20)16(18(22,23)24)27-28(15)3/h4-6H,7H2,1-3H3,(H,25,30). The second-order valence-electron chi connectivity index (χ2n) is 6.49. The molecule has 1 N–H and O–H groups in total. The van der Waals surface area contributed by atoms with Gasteiger partial charge in [0.2, 0.25) is 0 Å². The molecule has 30 heavy (non-hydrogen) atoms. The molecule has 6 nitrogen and oxygen atoms in total. The Labute approximate surface area is 178 Å². The highest BCUT2D eigenvalue weighted by Crippen LogP contribution is 2.35. The Morgan fingerprint density at radius 3 is 2.43 bits per heavy atom. The zero-order valence-corrected chi connectivity index (χ0v) is 17.4. The highest BCUT2D eigenvalue weighted by Gasteiger charge is 2.39. The van der Waals surface area contributed by atoms with Crippen molar-refractivity contribution >= 4 is 34.8 Å². The van der Waals surface area contributed by atoms with E-state index in [0.717, 1.165) is 4.68 Å². The molecule has 2 heterocycles. The van der Waals surface area contributed by atoms with Gasteiger partial charge in [0, 0.05) is 17.6 Å². The molecule has 0 saturated heterocycles. The summed E-state index contributed by atoms with van der Waals surface area (Å²) < 4.78 is 55.2. The van der Waals surface area contributed by atoms with Gasteiger partial charge in [-0.2, -0.15) is 23.4 Å². The van der Waals surface area contributed by atoms with Gasteiger partial charge in [0.1, 0.15) is 16.5 Å². The van der Waals surface area contributed by atoms with Gasteiger partial charge in [0.25, 0.3) is 5.91 Å². The van der Waals surface area contributed by atoms with Crippen LogP contribution in [0, 0.1) is 19.7 Å². The van der Waals surface area contributed by atoms with Crippen LogP contribution >= 0.6 is 23.2 Å². The lowest BCUT2D eigenvalue weighted by Crippen LogP contribution is -2.17. The third-order valence-electron chi connectivity index (χ3n) is 4.46. The maximum atomic E-state index is 14.1. The Kier molecular flexibility index (Phi) is 5.83. The van der Waals surface area contributed by atoms with Crippen LogP contribution in [0.3, 0.4) is 0 Å². The van der Waals surface area contributed by atoms with Crippen molar-refractivity contribution in [2.45, 2.75) is 26.6 Å². The third kappa shape index (κ3) is 4.01. The molecule has 1 aromatic carbocycles. The summed E-state index contributed by atoms with van der Waals surface area (Å²) in [4.78, 5) is 12.6. The predicted octanol–water partition coefficient (Wildman–Crippen LogP) is 5.00. The Balaban J connectivity index is 1.92. The van der Waals surface area contributed by atoms with Gasteiger partial charge in [-0.15, -0.1) is 0 Å². The van der Waals surface area contributed by atoms with Crippen LogP contribution in [0.4, 0.5) is 23.2 Å². The van der Waals surface area contributed by atoms with Gasteiger partial charge in [0.15, 0.2) is 5.69 Å². The largest absolute Gasteiger partial charge is 0.436 e. The number of anilines is 1. The van der Waals surface area contributed by atoms with E-state index in [1.54, 1.807) is 13.8 Å². The molecule has 0 saturated carbocycles. The highest BCUT2D eigenvalue weighted by atomic mass is 35.5. The van der Waals surface area contributed by atoms with Crippen LogP contribution in [-0.2, 0) is 19.8 Å². The third-order valence-corrected chi connectivity index (χ3v) is 5.17. The number of nitrogens with zero attached hydrogens (tertiary/aromatic N) is 4. The lowest BCUT2D eigenvalue weighted by Gasteiger charge is -2.09. The van der Waals surface area contributed by atoms with E-state index in [2.05, 4.69) is 15.5 Å². The topological polar surface area (TPSA) is 64.7 Å². The fraction of sp³-hybridized carbons (Fsp3) is 0.278. The quantitative estimate of drug-likeness (QED) is 0.553. The van der Waals surface area contributed by atoms with Crippen LogP contribution in [-0.4, -0.2) is 25.5 Å². The van der Waals surface area contributed by atoms with E-state index in [-0.39, 0.29) is 22.8 Å². The van der Waals surface area contributed by atoms with E-state index in [9.17, 15) is 22.4 Å². The molecule has 12 heteroatoms. The number of benzene rings is 1.